The number of methoxy groups -OCH3 is 2. The summed E-state index contributed by atoms with van der Waals surface area (Å²) in [5.74, 6) is -6.82. The fraction of sp³-hybridized carbons (Fsp3) is 0.176. The van der Waals surface area contributed by atoms with E-state index in [0.29, 0.717) is 5.39 Å². The topological polar surface area (TPSA) is 190 Å². The standard InChI is InChI=1S/C34H29NO13/c1-18(36)45-25-14-12-21(16-27(25)43-3)33(41)47-29(31(38)35-24-11-7-9-20-8-5-6-10-23(20)24)30(32(39)40)48-34(42)22-13-15-26(46-19(2)37)28(17-22)44-4/h5-17,29-30H,1-4H3,(H,35,38)(H,39,40)/t29-,30+/m1/s1. The van der Waals surface area contributed by atoms with Gasteiger partial charge in [0.25, 0.3) is 5.91 Å². The molecule has 48 heavy (non-hydrogen) atoms. The number of carbonyl (C=O) groups excluding carboxylic acids is 5. The van der Waals surface area contributed by atoms with Gasteiger partial charge in [-0.05, 0) is 47.9 Å². The Morgan fingerprint density at radius 2 is 1.12 bits per heavy atom. The van der Waals surface area contributed by atoms with Gasteiger partial charge >= 0.3 is 29.8 Å². The maximum atomic E-state index is 13.7. The Balaban J connectivity index is 1.70. The number of fused-ring (bicyclic) bond motifs is 1. The summed E-state index contributed by atoms with van der Waals surface area (Å²) in [5.41, 5.74) is -0.195. The predicted octanol–water partition coefficient (Wildman–Crippen LogP) is 4.18. The van der Waals surface area contributed by atoms with E-state index in [-0.39, 0.29) is 39.8 Å². The van der Waals surface area contributed by atoms with Crippen LogP contribution in [0, 0.1) is 0 Å². The van der Waals surface area contributed by atoms with Crippen molar-refractivity contribution in [2.45, 2.75) is 26.1 Å². The maximum absolute atomic E-state index is 13.7. The van der Waals surface area contributed by atoms with E-state index in [4.69, 9.17) is 28.4 Å². The van der Waals surface area contributed by atoms with Crippen molar-refractivity contribution in [3.63, 3.8) is 0 Å². The number of ether oxygens (including phenoxy) is 6. The lowest BCUT2D eigenvalue weighted by Gasteiger charge is -2.24. The Bertz CT molecular complexity index is 1900. The highest BCUT2D eigenvalue weighted by atomic mass is 16.6. The minimum Gasteiger partial charge on any atom is -0.493 e. The molecule has 14 nitrogen and oxygen atoms in total. The second-order valence-electron chi connectivity index (χ2n) is 9.92. The first kappa shape index (κ1) is 34.4. The fourth-order valence-electron chi connectivity index (χ4n) is 4.47. The molecule has 0 aromatic heterocycles. The van der Waals surface area contributed by atoms with Crippen LogP contribution in [0.3, 0.4) is 0 Å². The van der Waals surface area contributed by atoms with Gasteiger partial charge in [0.15, 0.2) is 23.0 Å². The summed E-state index contributed by atoms with van der Waals surface area (Å²) >= 11 is 0. The Morgan fingerprint density at radius 1 is 0.625 bits per heavy atom. The lowest BCUT2D eigenvalue weighted by molar-refractivity contribution is -0.157. The average molecular weight is 660 g/mol. The molecule has 4 aromatic rings. The summed E-state index contributed by atoms with van der Waals surface area (Å²) < 4.78 is 31.1. The van der Waals surface area contributed by atoms with Crippen molar-refractivity contribution in [1.29, 1.82) is 0 Å². The fourth-order valence-corrected chi connectivity index (χ4v) is 4.47. The van der Waals surface area contributed by atoms with Crippen LogP contribution >= 0.6 is 0 Å². The third kappa shape index (κ3) is 8.23. The molecule has 2 N–H and O–H groups in total. The van der Waals surface area contributed by atoms with Crippen molar-refractivity contribution in [2.24, 2.45) is 0 Å². The number of benzene rings is 4. The van der Waals surface area contributed by atoms with E-state index in [0.717, 1.165) is 24.4 Å². The third-order valence-electron chi connectivity index (χ3n) is 6.60. The summed E-state index contributed by atoms with van der Waals surface area (Å²) in [6, 6.07) is 19.1. The number of carbonyl (C=O) groups is 6. The molecule has 0 unspecified atom stereocenters. The van der Waals surface area contributed by atoms with Gasteiger partial charge in [0.1, 0.15) is 0 Å². The van der Waals surface area contributed by atoms with E-state index in [1.165, 1.54) is 45.4 Å². The molecule has 0 aliphatic rings. The Hall–Kier alpha value is -6.44. The molecule has 0 aliphatic heterocycles. The molecule has 2 atom stereocenters. The van der Waals surface area contributed by atoms with Crippen molar-refractivity contribution in [3.05, 3.63) is 90.0 Å². The third-order valence-corrected chi connectivity index (χ3v) is 6.60. The number of nitrogens with one attached hydrogen (secondary N) is 1. The highest BCUT2D eigenvalue weighted by Gasteiger charge is 2.41. The Labute approximate surface area is 273 Å². The monoisotopic (exact) mass is 659 g/mol. The van der Waals surface area contributed by atoms with Crippen LogP contribution < -0.4 is 24.3 Å². The van der Waals surface area contributed by atoms with Crippen LogP contribution in [0.5, 0.6) is 23.0 Å². The number of aliphatic carboxylic acids is 1. The lowest BCUT2D eigenvalue weighted by atomic mass is 10.1. The lowest BCUT2D eigenvalue weighted by Crippen LogP contribution is -2.48. The predicted molar refractivity (Wildman–Crippen MR) is 167 cm³/mol. The smallest absolute Gasteiger partial charge is 0.349 e. The van der Waals surface area contributed by atoms with Crippen LogP contribution in [-0.2, 0) is 28.7 Å². The summed E-state index contributed by atoms with van der Waals surface area (Å²) in [4.78, 5) is 75.7. The molecule has 0 heterocycles. The molecule has 1 amide bonds. The first-order valence-electron chi connectivity index (χ1n) is 14.1. The Morgan fingerprint density at radius 3 is 1.62 bits per heavy atom. The van der Waals surface area contributed by atoms with E-state index in [1.54, 1.807) is 42.5 Å². The zero-order valence-corrected chi connectivity index (χ0v) is 26.0. The second kappa shape index (κ2) is 15.2. The van der Waals surface area contributed by atoms with Crippen LogP contribution in [0.4, 0.5) is 5.69 Å². The van der Waals surface area contributed by atoms with E-state index in [2.05, 4.69) is 5.32 Å². The van der Waals surface area contributed by atoms with Crippen molar-refractivity contribution in [1.82, 2.24) is 0 Å². The first-order chi connectivity index (χ1) is 22.9. The normalized spacial score (nSPS) is 11.8. The number of hydrogen-bond acceptors (Lipinski definition) is 12. The molecule has 0 spiro atoms. The number of rotatable bonds is 12. The average Bonchev–Trinajstić information content (AvgIpc) is 3.05. The summed E-state index contributed by atoms with van der Waals surface area (Å²) in [6.07, 6.45) is -4.60. The zero-order valence-electron chi connectivity index (χ0n) is 26.0. The number of carboxylic acids is 1. The second-order valence-corrected chi connectivity index (χ2v) is 9.92. The molecule has 0 aliphatic carbocycles. The van der Waals surface area contributed by atoms with Gasteiger partial charge in [-0.15, -0.1) is 0 Å². The van der Waals surface area contributed by atoms with E-state index >= 15 is 0 Å². The van der Waals surface area contributed by atoms with Gasteiger partial charge in [-0.2, -0.15) is 0 Å². The first-order valence-corrected chi connectivity index (χ1v) is 14.1. The Kier molecular flexibility index (Phi) is 10.9. The highest BCUT2D eigenvalue weighted by Crippen LogP contribution is 2.31. The molecule has 4 aromatic carbocycles. The number of hydrogen-bond donors (Lipinski definition) is 2. The molecule has 0 radical (unpaired) electrons. The summed E-state index contributed by atoms with van der Waals surface area (Å²) in [6.45, 7) is 2.33. The van der Waals surface area contributed by atoms with E-state index in [9.17, 15) is 33.9 Å². The number of carboxylic acid groups (broad SMARTS) is 1. The molecular weight excluding hydrogens is 630 g/mol. The molecule has 0 saturated heterocycles. The van der Waals surface area contributed by atoms with Gasteiger partial charge in [0.05, 0.1) is 25.3 Å². The van der Waals surface area contributed by atoms with Crippen LogP contribution in [0.15, 0.2) is 78.9 Å². The number of amides is 1. The minimum atomic E-state index is -2.36. The largest absolute Gasteiger partial charge is 0.493 e. The van der Waals surface area contributed by atoms with Gasteiger partial charge in [-0.25, -0.2) is 14.4 Å². The highest BCUT2D eigenvalue weighted by molar-refractivity contribution is 6.06. The molecule has 0 saturated carbocycles. The van der Waals surface area contributed by atoms with Gasteiger partial charge in [-0.1, -0.05) is 36.4 Å². The van der Waals surface area contributed by atoms with Gasteiger partial charge in [0, 0.05) is 24.9 Å². The maximum Gasteiger partial charge on any atom is 0.349 e. The molecule has 248 valence electrons. The van der Waals surface area contributed by atoms with Crippen LogP contribution in [0.1, 0.15) is 34.6 Å². The molecule has 14 heteroatoms. The van der Waals surface area contributed by atoms with Crippen molar-refractivity contribution in [3.8, 4) is 23.0 Å². The van der Waals surface area contributed by atoms with Gasteiger partial charge in [-0.3, -0.25) is 14.4 Å². The number of anilines is 1. The quantitative estimate of drug-likeness (QED) is 0.163. The van der Waals surface area contributed by atoms with E-state index < -0.39 is 48.0 Å². The van der Waals surface area contributed by atoms with Gasteiger partial charge in [0.2, 0.25) is 12.2 Å². The SMILES string of the molecule is COc1cc(C(=O)O[C@H](C(=O)O)[C@@H](OC(=O)c2ccc(OC(C)=O)c(OC)c2)C(=O)Nc2cccc3ccccc23)ccc1OC(C)=O. The van der Waals surface area contributed by atoms with Crippen LogP contribution in [0.2, 0.25) is 0 Å². The van der Waals surface area contributed by atoms with Crippen molar-refractivity contribution in [2.75, 3.05) is 19.5 Å². The number of esters is 4. The van der Waals surface area contributed by atoms with Crippen LogP contribution in [0.25, 0.3) is 10.8 Å². The summed E-state index contributed by atoms with van der Waals surface area (Å²) in [7, 11) is 2.50. The van der Waals surface area contributed by atoms with E-state index in [1.807, 2.05) is 0 Å². The van der Waals surface area contributed by atoms with Crippen LogP contribution in [-0.4, -0.2) is 67.3 Å². The molecule has 4 rings (SSSR count). The summed E-state index contributed by atoms with van der Waals surface area (Å²) in [5, 5.41) is 14.1. The van der Waals surface area contributed by atoms with Gasteiger partial charge < -0.3 is 38.8 Å². The minimum absolute atomic E-state index is 0.0145. The zero-order chi connectivity index (χ0) is 35.0. The molecule has 0 fully saturated rings. The molecule has 0 bridgehead atoms. The van der Waals surface area contributed by atoms with Crippen molar-refractivity contribution >= 4 is 52.2 Å². The molecular formula is C34H29NO13. The van der Waals surface area contributed by atoms with Crippen molar-refractivity contribution < 1.29 is 62.3 Å².